The minimum atomic E-state index is 0.0380. The third-order valence-corrected chi connectivity index (χ3v) is 5.76. The van der Waals surface area contributed by atoms with Crippen LogP contribution in [0.15, 0.2) is 54.6 Å². The number of carbonyl (C=O) groups is 1. The Balaban J connectivity index is 1.40. The highest BCUT2D eigenvalue weighted by molar-refractivity contribution is 5.80. The number of imidazole rings is 1. The van der Waals surface area contributed by atoms with Crippen molar-refractivity contribution in [2.75, 3.05) is 18.0 Å². The standard InChI is InChI=1S/C23H28N4O/c1-3-27-21-12-8-7-11-20(21)25-23(27)26-15-13-19(14-16-26)22(28)24-17(2)18-9-5-4-6-10-18/h4-12,17,19H,3,13-16H2,1-2H3,(H,24,28)/t17-/m0/s1. The molecule has 1 aromatic heterocycles. The van der Waals surface area contributed by atoms with Gasteiger partial charge in [0.15, 0.2) is 0 Å². The Labute approximate surface area is 166 Å². The quantitative estimate of drug-likeness (QED) is 0.728. The molecule has 3 aromatic rings. The van der Waals surface area contributed by atoms with Crippen LogP contribution in [0.3, 0.4) is 0 Å². The van der Waals surface area contributed by atoms with Gasteiger partial charge in [-0.3, -0.25) is 4.79 Å². The van der Waals surface area contributed by atoms with Crippen LogP contribution in [0, 0.1) is 5.92 Å². The predicted molar refractivity (Wildman–Crippen MR) is 113 cm³/mol. The third kappa shape index (κ3) is 3.61. The van der Waals surface area contributed by atoms with E-state index in [0.717, 1.165) is 49.5 Å². The van der Waals surface area contributed by atoms with Crippen molar-refractivity contribution in [2.45, 2.75) is 39.3 Å². The number of benzene rings is 2. The fourth-order valence-corrected chi connectivity index (χ4v) is 4.11. The van der Waals surface area contributed by atoms with Gasteiger partial charge in [-0.2, -0.15) is 0 Å². The Bertz CT molecular complexity index is 942. The Morgan fingerprint density at radius 2 is 1.79 bits per heavy atom. The summed E-state index contributed by atoms with van der Waals surface area (Å²) in [5.74, 6) is 1.27. The van der Waals surface area contributed by atoms with Gasteiger partial charge >= 0.3 is 0 Å². The summed E-state index contributed by atoms with van der Waals surface area (Å²) in [6, 6.07) is 18.5. The van der Waals surface area contributed by atoms with E-state index in [2.05, 4.69) is 52.0 Å². The van der Waals surface area contributed by atoms with Crippen molar-refractivity contribution in [2.24, 2.45) is 5.92 Å². The average molecular weight is 377 g/mol. The van der Waals surface area contributed by atoms with Crippen LogP contribution in [0.2, 0.25) is 0 Å². The Kier molecular flexibility index (Phi) is 5.33. The van der Waals surface area contributed by atoms with Crippen LogP contribution in [0.4, 0.5) is 5.95 Å². The number of nitrogens with one attached hydrogen (secondary N) is 1. The molecule has 146 valence electrons. The van der Waals surface area contributed by atoms with Gasteiger partial charge in [0.25, 0.3) is 0 Å². The Morgan fingerprint density at radius 1 is 1.11 bits per heavy atom. The number of amides is 1. The summed E-state index contributed by atoms with van der Waals surface area (Å²) < 4.78 is 2.27. The number of aromatic nitrogens is 2. The van der Waals surface area contributed by atoms with Crippen LogP contribution in [0.1, 0.15) is 38.3 Å². The fraction of sp³-hybridized carbons (Fsp3) is 0.391. The maximum absolute atomic E-state index is 12.7. The second-order valence-electron chi connectivity index (χ2n) is 7.55. The lowest BCUT2D eigenvalue weighted by molar-refractivity contribution is -0.126. The fourth-order valence-electron chi connectivity index (χ4n) is 4.11. The molecular formula is C23H28N4O. The van der Waals surface area contributed by atoms with Gasteiger partial charge < -0.3 is 14.8 Å². The van der Waals surface area contributed by atoms with E-state index in [1.165, 1.54) is 5.52 Å². The van der Waals surface area contributed by atoms with E-state index in [-0.39, 0.29) is 17.9 Å². The van der Waals surface area contributed by atoms with Crippen molar-refractivity contribution in [1.82, 2.24) is 14.9 Å². The van der Waals surface area contributed by atoms with Crippen LogP contribution in [0.25, 0.3) is 11.0 Å². The molecule has 1 fully saturated rings. The molecule has 1 saturated heterocycles. The minimum absolute atomic E-state index is 0.0380. The summed E-state index contributed by atoms with van der Waals surface area (Å²) in [4.78, 5) is 19.9. The van der Waals surface area contributed by atoms with Crippen molar-refractivity contribution in [1.29, 1.82) is 0 Å². The van der Waals surface area contributed by atoms with Gasteiger partial charge in [0.1, 0.15) is 0 Å². The van der Waals surface area contributed by atoms with E-state index in [0.29, 0.717) is 0 Å². The average Bonchev–Trinajstić information content (AvgIpc) is 3.13. The molecule has 1 atom stereocenters. The predicted octanol–water partition coefficient (Wildman–Crippen LogP) is 4.15. The third-order valence-electron chi connectivity index (χ3n) is 5.76. The van der Waals surface area contributed by atoms with Crippen molar-refractivity contribution >= 4 is 22.9 Å². The molecule has 0 bridgehead atoms. The molecule has 1 amide bonds. The summed E-state index contributed by atoms with van der Waals surface area (Å²) in [6.07, 6.45) is 1.72. The molecule has 2 aromatic carbocycles. The number of para-hydroxylation sites is 2. The number of piperidine rings is 1. The molecule has 1 aliphatic rings. The number of hydrogen-bond acceptors (Lipinski definition) is 3. The molecule has 0 radical (unpaired) electrons. The van der Waals surface area contributed by atoms with E-state index in [1.54, 1.807) is 0 Å². The second kappa shape index (κ2) is 8.05. The van der Waals surface area contributed by atoms with Crippen LogP contribution >= 0.6 is 0 Å². The zero-order valence-corrected chi connectivity index (χ0v) is 16.6. The zero-order valence-electron chi connectivity index (χ0n) is 16.6. The van der Waals surface area contributed by atoms with Gasteiger partial charge in [0.2, 0.25) is 11.9 Å². The van der Waals surface area contributed by atoms with Crippen LogP contribution in [-0.2, 0) is 11.3 Å². The normalized spacial score (nSPS) is 16.3. The lowest BCUT2D eigenvalue weighted by atomic mass is 9.95. The van der Waals surface area contributed by atoms with Crippen LogP contribution in [-0.4, -0.2) is 28.5 Å². The molecule has 0 saturated carbocycles. The first-order valence-electron chi connectivity index (χ1n) is 10.2. The second-order valence-corrected chi connectivity index (χ2v) is 7.55. The number of nitrogens with zero attached hydrogens (tertiary/aromatic N) is 3. The van der Waals surface area contributed by atoms with Gasteiger partial charge in [-0.15, -0.1) is 0 Å². The smallest absolute Gasteiger partial charge is 0.223 e. The van der Waals surface area contributed by atoms with E-state index < -0.39 is 0 Å². The highest BCUT2D eigenvalue weighted by atomic mass is 16.1. The number of fused-ring (bicyclic) bond motifs is 1. The van der Waals surface area contributed by atoms with Crippen LogP contribution < -0.4 is 10.2 Å². The number of rotatable bonds is 5. The molecule has 0 unspecified atom stereocenters. The van der Waals surface area contributed by atoms with Gasteiger partial charge in [0.05, 0.1) is 17.1 Å². The molecule has 28 heavy (non-hydrogen) atoms. The molecule has 5 nitrogen and oxygen atoms in total. The number of anilines is 1. The first-order valence-corrected chi connectivity index (χ1v) is 10.2. The Hall–Kier alpha value is -2.82. The largest absolute Gasteiger partial charge is 0.349 e. The van der Waals surface area contributed by atoms with Crippen LogP contribution in [0.5, 0.6) is 0 Å². The lowest BCUT2D eigenvalue weighted by Gasteiger charge is -2.32. The molecular weight excluding hydrogens is 348 g/mol. The van der Waals surface area contributed by atoms with Gasteiger partial charge in [-0.05, 0) is 44.4 Å². The van der Waals surface area contributed by atoms with E-state index in [9.17, 15) is 4.79 Å². The highest BCUT2D eigenvalue weighted by Gasteiger charge is 2.28. The van der Waals surface area contributed by atoms with Gasteiger partial charge in [0, 0.05) is 25.6 Å². The number of hydrogen-bond donors (Lipinski definition) is 1. The summed E-state index contributed by atoms with van der Waals surface area (Å²) in [5, 5.41) is 3.19. The van der Waals surface area contributed by atoms with Crippen molar-refractivity contribution in [3.05, 3.63) is 60.2 Å². The van der Waals surface area contributed by atoms with E-state index in [1.807, 2.05) is 31.2 Å². The van der Waals surface area contributed by atoms with Crippen molar-refractivity contribution in [3.63, 3.8) is 0 Å². The van der Waals surface area contributed by atoms with Crippen molar-refractivity contribution < 1.29 is 4.79 Å². The molecule has 2 heterocycles. The number of carbonyl (C=O) groups excluding carboxylic acids is 1. The minimum Gasteiger partial charge on any atom is -0.349 e. The monoisotopic (exact) mass is 376 g/mol. The van der Waals surface area contributed by atoms with Gasteiger partial charge in [-0.25, -0.2) is 4.98 Å². The molecule has 4 rings (SSSR count). The first kappa shape index (κ1) is 18.5. The van der Waals surface area contributed by atoms with Gasteiger partial charge in [-0.1, -0.05) is 42.5 Å². The Morgan fingerprint density at radius 3 is 2.50 bits per heavy atom. The first-order chi connectivity index (χ1) is 13.7. The molecule has 0 aliphatic carbocycles. The maximum Gasteiger partial charge on any atom is 0.223 e. The highest BCUT2D eigenvalue weighted by Crippen LogP contribution is 2.27. The summed E-state index contributed by atoms with van der Waals surface area (Å²) in [5.41, 5.74) is 3.36. The van der Waals surface area contributed by atoms with Crippen molar-refractivity contribution in [3.8, 4) is 0 Å². The lowest BCUT2D eigenvalue weighted by Crippen LogP contribution is -2.42. The molecule has 1 N–H and O–H groups in total. The summed E-state index contributed by atoms with van der Waals surface area (Å²) in [7, 11) is 0. The molecule has 1 aliphatic heterocycles. The topological polar surface area (TPSA) is 50.2 Å². The zero-order chi connectivity index (χ0) is 19.5. The SMILES string of the molecule is CCn1c(N2CCC(C(=O)N[C@@H](C)c3ccccc3)CC2)nc2ccccc21. The molecule has 0 spiro atoms. The molecule has 5 heteroatoms. The van der Waals surface area contributed by atoms with E-state index in [4.69, 9.17) is 4.98 Å². The number of aryl methyl sites for hydroxylation is 1. The summed E-state index contributed by atoms with van der Waals surface area (Å²) >= 11 is 0. The summed E-state index contributed by atoms with van der Waals surface area (Å²) in [6.45, 7) is 6.82. The van der Waals surface area contributed by atoms with E-state index >= 15 is 0 Å². The maximum atomic E-state index is 12.7.